The van der Waals surface area contributed by atoms with Crippen molar-refractivity contribution in [3.05, 3.63) is 104 Å². The Morgan fingerprint density at radius 1 is 0.846 bits per heavy atom. The Kier molecular flexibility index (Phi) is 16.0. The molecule has 1 fully saturated rings. The monoisotopic (exact) mass is 885 g/mol. The quantitative estimate of drug-likeness (QED) is 0.0733. The van der Waals surface area contributed by atoms with Gasteiger partial charge in [-0.15, -0.1) is 0 Å². The molecule has 65 heavy (non-hydrogen) atoms. The highest BCUT2D eigenvalue weighted by atomic mass is 16.5. The zero-order valence-electron chi connectivity index (χ0n) is 41.0. The summed E-state index contributed by atoms with van der Waals surface area (Å²) in [5.74, 6) is -0.824. The summed E-state index contributed by atoms with van der Waals surface area (Å²) in [6.07, 6.45) is 21.7. The number of rotatable bonds is 20. The van der Waals surface area contributed by atoms with Crippen LogP contribution in [0.15, 0.2) is 124 Å². The molecule has 6 aliphatic rings. The first-order chi connectivity index (χ1) is 30.9. The number of carbonyl (C=O) groups is 3. The third kappa shape index (κ3) is 10.3. The zero-order valence-corrected chi connectivity index (χ0v) is 41.0. The van der Waals surface area contributed by atoms with E-state index in [-0.39, 0.29) is 48.2 Å². The van der Waals surface area contributed by atoms with Gasteiger partial charge in [-0.25, -0.2) is 19.8 Å². The number of hydrogen-bond acceptors (Lipinski definition) is 10. The van der Waals surface area contributed by atoms with Gasteiger partial charge < -0.3 is 14.6 Å². The number of ether oxygens (including phenoxy) is 2. The molecule has 1 N–H and O–H groups in total. The molecule has 0 aromatic heterocycles. The van der Waals surface area contributed by atoms with E-state index in [0.29, 0.717) is 46.4 Å². The minimum Gasteiger partial charge on any atom is -0.466 e. The Hall–Kier alpha value is -5.09. The first kappa shape index (κ1) is 49.3. The molecule has 0 spiro atoms. The third-order valence-electron chi connectivity index (χ3n) is 14.3. The molecule has 0 amide bonds. The van der Waals surface area contributed by atoms with Gasteiger partial charge >= 0.3 is 11.9 Å². The van der Waals surface area contributed by atoms with Gasteiger partial charge in [0.05, 0.1) is 58.2 Å². The highest BCUT2D eigenvalue weighted by Crippen LogP contribution is 2.49. The van der Waals surface area contributed by atoms with Crippen LogP contribution in [0.25, 0.3) is 0 Å². The Morgan fingerprint density at radius 3 is 2.11 bits per heavy atom. The van der Waals surface area contributed by atoms with Crippen molar-refractivity contribution in [2.45, 2.75) is 152 Å². The topological polar surface area (TPSA) is 139 Å². The van der Waals surface area contributed by atoms with Gasteiger partial charge in [-0.1, -0.05) is 105 Å². The highest BCUT2D eigenvalue weighted by molar-refractivity contribution is 6.46. The molecule has 10 heteroatoms. The summed E-state index contributed by atoms with van der Waals surface area (Å²) >= 11 is 0. The number of nitrogens with zero attached hydrogens (tertiary/aromatic N) is 4. The fraction of sp³-hybridized carbons (Fsp3) is 0.545. The Balaban J connectivity index is 1.22. The number of fused-ring (bicyclic) bond motifs is 4. The van der Waals surface area contributed by atoms with Crippen molar-refractivity contribution in [1.82, 2.24) is 0 Å². The molecule has 0 aromatic carbocycles. The summed E-state index contributed by atoms with van der Waals surface area (Å²) in [5, 5.41) is 12.3. The fourth-order valence-electron chi connectivity index (χ4n) is 10.1. The largest absolute Gasteiger partial charge is 0.466 e. The standard InChI is InChI=1S/C55H72N4O6/c1-13-39-35(8)42-28-44-37(10)41(24-25-48(60)65-27-26-34(7)23-17-22-33(6)21-16-20-32(5)19-15-18-31(3)4)51(58-44)50-52-49(53(61)55(50,63)54(62)64-12)38(11)45(59-52)30-47-40(14-2)36(9)43(57-47)29-46(39)56-42/h13,26,28-33,37,41,63H,1,14-25,27H2,2-12H3/t32-,33-,37+,41+,55-/m1/s1. The van der Waals surface area contributed by atoms with Crippen molar-refractivity contribution in [3.63, 3.8) is 0 Å². The highest BCUT2D eigenvalue weighted by Gasteiger charge is 2.62. The smallest absolute Gasteiger partial charge is 0.351 e. The van der Waals surface area contributed by atoms with E-state index in [1.807, 2.05) is 45.1 Å². The van der Waals surface area contributed by atoms with Crippen LogP contribution in [-0.4, -0.2) is 65.0 Å². The van der Waals surface area contributed by atoms with Gasteiger partial charge in [0.1, 0.15) is 6.61 Å². The molecular weight excluding hydrogens is 813 g/mol. The second-order valence-corrected chi connectivity index (χ2v) is 19.6. The van der Waals surface area contributed by atoms with Crippen LogP contribution in [0.1, 0.15) is 146 Å². The van der Waals surface area contributed by atoms with Gasteiger partial charge in [0, 0.05) is 29.5 Å². The van der Waals surface area contributed by atoms with Gasteiger partial charge in [-0.2, -0.15) is 0 Å². The molecule has 0 radical (unpaired) electrons. The normalized spacial score (nSPS) is 23.7. The van der Waals surface area contributed by atoms with Crippen LogP contribution in [0.2, 0.25) is 0 Å². The molecule has 0 unspecified atom stereocenters. The lowest BCUT2D eigenvalue weighted by Crippen LogP contribution is -2.46. The number of ketones is 1. The number of aliphatic hydroxyl groups is 1. The second kappa shape index (κ2) is 21.0. The van der Waals surface area contributed by atoms with Crippen LogP contribution < -0.4 is 0 Å². The van der Waals surface area contributed by atoms with E-state index in [1.165, 1.54) is 50.5 Å². The molecular formula is C55H72N4O6. The van der Waals surface area contributed by atoms with E-state index in [2.05, 4.69) is 48.1 Å². The number of methoxy groups -OCH3 is 1. The SMILES string of the molecule is C=CC1=C(C)C2=CC3=NC(=C4C5=NC(=CC6=NC(=CC1=N2)C(C)=C6CC)C(C)=C5C(=O)[C@@]4(O)C(=O)OC)[C@@H](CCC(=O)OCC=C(C)CCC[C@H](C)CCC[C@H](C)CCCC(C)C)[C@@H]3C. The van der Waals surface area contributed by atoms with Crippen LogP contribution in [-0.2, 0) is 23.9 Å². The van der Waals surface area contributed by atoms with Crippen LogP contribution in [0.3, 0.4) is 0 Å². The number of aliphatic imine (C=N–C) groups is 4. The van der Waals surface area contributed by atoms with E-state index in [1.54, 1.807) is 13.0 Å². The zero-order chi connectivity index (χ0) is 47.3. The molecule has 5 atom stereocenters. The van der Waals surface area contributed by atoms with Crippen LogP contribution in [0, 0.1) is 29.6 Å². The summed E-state index contributed by atoms with van der Waals surface area (Å²) in [5.41, 5.74) is 7.53. The molecule has 5 heterocycles. The fourth-order valence-corrected chi connectivity index (χ4v) is 10.1. The van der Waals surface area contributed by atoms with Crippen molar-refractivity contribution in [1.29, 1.82) is 0 Å². The number of allylic oxidation sites excluding steroid dienone is 11. The summed E-state index contributed by atoms with van der Waals surface area (Å²) in [4.78, 5) is 61.7. The first-order valence-electron chi connectivity index (χ1n) is 24.1. The van der Waals surface area contributed by atoms with E-state index < -0.39 is 23.3 Å². The molecule has 348 valence electrons. The molecule has 1 aliphatic carbocycles. The lowest BCUT2D eigenvalue weighted by Gasteiger charge is -2.24. The maximum Gasteiger partial charge on any atom is 0.351 e. The second-order valence-electron chi connectivity index (χ2n) is 19.6. The summed E-state index contributed by atoms with van der Waals surface area (Å²) in [7, 11) is 1.14. The van der Waals surface area contributed by atoms with Crippen molar-refractivity contribution in [2.75, 3.05) is 13.7 Å². The van der Waals surface area contributed by atoms with Crippen molar-refractivity contribution in [3.8, 4) is 0 Å². The maximum absolute atomic E-state index is 14.4. The molecule has 6 rings (SSSR count). The summed E-state index contributed by atoms with van der Waals surface area (Å²) < 4.78 is 10.9. The van der Waals surface area contributed by atoms with E-state index >= 15 is 0 Å². The number of esters is 2. The predicted octanol–water partition coefficient (Wildman–Crippen LogP) is 11.7. The number of carbonyl (C=O) groups excluding carboxylic acids is 3. The van der Waals surface area contributed by atoms with Gasteiger partial charge in [-0.3, -0.25) is 14.6 Å². The average Bonchev–Trinajstić information content (AvgIpc) is 3.99. The van der Waals surface area contributed by atoms with Crippen molar-refractivity contribution < 1.29 is 29.0 Å². The van der Waals surface area contributed by atoms with Crippen LogP contribution in [0.5, 0.6) is 0 Å². The minimum absolute atomic E-state index is 0.0108. The van der Waals surface area contributed by atoms with Crippen molar-refractivity contribution in [2.24, 2.45) is 49.6 Å². The van der Waals surface area contributed by atoms with E-state index in [4.69, 9.17) is 29.4 Å². The van der Waals surface area contributed by atoms with Crippen molar-refractivity contribution >= 4 is 40.6 Å². The molecule has 5 aliphatic heterocycles. The Morgan fingerprint density at radius 2 is 1.46 bits per heavy atom. The average molecular weight is 885 g/mol. The lowest BCUT2D eigenvalue weighted by molar-refractivity contribution is -0.161. The summed E-state index contributed by atoms with van der Waals surface area (Å²) in [6.45, 7) is 25.6. The van der Waals surface area contributed by atoms with Gasteiger partial charge in [0.25, 0.3) is 5.60 Å². The Bertz CT molecular complexity index is 2380. The first-order valence-corrected chi connectivity index (χ1v) is 24.1. The van der Waals surface area contributed by atoms with Crippen LogP contribution in [0.4, 0.5) is 0 Å². The molecule has 8 bridgehead atoms. The number of hydrogen-bond donors (Lipinski definition) is 1. The number of Topliss-reactive ketones (excluding diaryl/α,β-unsaturated/α-hetero) is 1. The van der Waals surface area contributed by atoms with E-state index in [9.17, 15) is 19.5 Å². The minimum atomic E-state index is -2.69. The molecule has 0 saturated heterocycles. The van der Waals surface area contributed by atoms with Gasteiger partial charge in [-0.05, 0) is 118 Å². The van der Waals surface area contributed by atoms with E-state index in [0.717, 1.165) is 65.5 Å². The maximum atomic E-state index is 14.4. The van der Waals surface area contributed by atoms with Gasteiger partial charge in [0.2, 0.25) is 5.78 Å². The predicted molar refractivity (Wildman–Crippen MR) is 263 cm³/mol. The molecule has 10 nitrogen and oxygen atoms in total. The van der Waals surface area contributed by atoms with Gasteiger partial charge in [0.15, 0.2) is 0 Å². The third-order valence-corrected chi connectivity index (χ3v) is 14.3. The Labute approximate surface area is 387 Å². The summed E-state index contributed by atoms with van der Waals surface area (Å²) in [6, 6.07) is 0. The molecule has 0 aromatic rings. The van der Waals surface area contributed by atoms with Crippen LogP contribution >= 0.6 is 0 Å². The lowest BCUT2D eigenvalue weighted by atomic mass is 9.82. The molecule has 1 saturated carbocycles.